The molecular weight excluding hydrogens is 525 g/mol. The third-order valence-electron chi connectivity index (χ3n) is 6.01. The predicted octanol–water partition coefficient (Wildman–Crippen LogP) is 8.33. The van der Waals surface area contributed by atoms with E-state index >= 15 is 22.0 Å². The van der Waals surface area contributed by atoms with E-state index in [4.69, 9.17) is 0 Å². The molecule has 0 unspecified atom stereocenters. The first-order chi connectivity index (χ1) is 17.3. The Labute approximate surface area is 200 Å². The van der Waals surface area contributed by atoms with Gasteiger partial charge in [0.15, 0.2) is 58.1 Å². The number of fused-ring (bicyclic) bond motifs is 1. The molecule has 0 fully saturated rings. The van der Waals surface area contributed by atoms with Crippen LogP contribution in [-0.2, 0) is 0 Å². The summed E-state index contributed by atoms with van der Waals surface area (Å²) in [5, 5.41) is -1.74. The number of benzene rings is 4. The van der Waals surface area contributed by atoms with Gasteiger partial charge in [0, 0.05) is 10.9 Å². The molecule has 0 bridgehead atoms. The third-order valence-corrected chi connectivity index (χ3v) is 6.01. The molecule has 0 aliphatic heterocycles. The van der Waals surface area contributed by atoms with E-state index in [0.29, 0.717) is 0 Å². The van der Waals surface area contributed by atoms with Crippen LogP contribution in [0.2, 0.25) is 0 Å². The van der Waals surface area contributed by atoms with E-state index in [1.165, 1.54) is 0 Å². The fourth-order valence-electron chi connectivity index (χ4n) is 4.01. The summed E-state index contributed by atoms with van der Waals surface area (Å²) >= 11 is 0. The highest BCUT2D eigenvalue weighted by molar-refractivity contribution is 6.01. The van der Waals surface area contributed by atoms with E-state index < -0.39 is 114 Å². The summed E-state index contributed by atoms with van der Waals surface area (Å²) in [5.74, 6) is -24.1. The second-order valence-corrected chi connectivity index (χ2v) is 7.92. The summed E-state index contributed by atoms with van der Waals surface area (Å²) in [7, 11) is 0.805. The van der Waals surface area contributed by atoms with Crippen LogP contribution in [0.5, 0.6) is 5.75 Å². The quantitative estimate of drug-likeness (QED) is 0.189. The largest absolute Gasteiger partial charge is 0.493 e. The lowest BCUT2D eigenvalue weighted by molar-refractivity contribution is 0.377. The Morgan fingerprint density at radius 2 is 0.784 bits per heavy atom. The Hall–Kier alpha value is -3.83. The van der Waals surface area contributed by atoms with Gasteiger partial charge in [-0.25, -0.2) is 43.9 Å². The first-order valence-corrected chi connectivity index (χ1v) is 10.1. The number of ether oxygens (including phenoxy) is 1. The van der Waals surface area contributed by atoms with Gasteiger partial charge in [-0.1, -0.05) is 0 Å². The Bertz CT molecular complexity index is 1590. The molecule has 4 aromatic rings. The monoisotopic (exact) mass is 536 g/mol. The zero-order valence-corrected chi connectivity index (χ0v) is 18.7. The molecule has 37 heavy (non-hydrogen) atoms. The van der Waals surface area contributed by atoms with Crippen molar-refractivity contribution in [2.75, 3.05) is 7.11 Å². The highest BCUT2D eigenvalue weighted by Crippen LogP contribution is 2.45. The van der Waals surface area contributed by atoms with E-state index in [2.05, 4.69) is 4.74 Å². The minimum absolute atomic E-state index is 0.172. The van der Waals surface area contributed by atoms with Crippen LogP contribution in [0.15, 0.2) is 12.1 Å². The van der Waals surface area contributed by atoms with Crippen LogP contribution < -0.4 is 4.74 Å². The molecule has 0 atom stereocenters. The Balaban J connectivity index is 2.20. The van der Waals surface area contributed by atoms with Crippen molar-refractivity contribution in [1.29, 1.82) is 0 Å². The molecule has 4 rings (SSSR count). The van der Waals surface area contributed by atoms with Crippen LogP contribution in [0.25, 0.3) is 33.0 Å². The Morgan fingerprint density at radius 1 is 0.432 bits per heavy atom. The minimum Gasteiger partial charge on any atom is -0.493 e. The molecule has 0 aliphatic carbocycles. The molecule has 4 aromatic carbocycles. The lowest BCUT2D eigenvalue weighted by atomic mass is 9.91. The summed E-state index contributed by atoms with van der Waals surface area (Å²) in [4.78, 5) is 0. The van der Waals surface area contributed by atoms with Crippen molar-refractivity contribution < 1.29 is 53.0 Å². The summed E-state index contributed by atoms with van der Waals surface area (Å²) in [6.07, 6.45) is 0. The highest BCUT2D eigenvalue weighted by Gasteiger charge is 2.35. The van der Waals surface area contributed by atoms with Crippen LogP contribution in [0.4, 0.5) is 48.3 Å². The molecule has 194 valence electrons. The maximum absolute atomic E-state index is 15.2. The van der Waals surface area contributed by atoms with Gasteiger partial charge in [0.2, 0.25) is 5.82 Å². The average Bonchev–Trinajstić information content (AvgIpc) is 2.86. The fraction of sp³-hybridized carbons (Fsp3) is 0.120. The molecule has 0 aliphatic rings. The molecule has 1 nitrogen and oxygen atoms in total. The number of methoxy groups -OCH3 is 1. The normalized spacial score (nSPS) is 11.5. The second kappa shape index (κ2) is 8.93. The molecule has 0 saturated heterocycles. The maximum atomic E-state index is 15.2. The zero-order valence-electron chi connectivity index (χ0n) is 18.7. The summed E-state index contributed by atoms with van der Waals surface area (Å²) in [5.41, 5.74) is -8.55. The molecule has 0 saturated carbocycles. The zero-order chi connectivity index (χ0) is 27.7. The van der Waals surface area contributed by atoms with Crippen molar-refractivity contribution in [2.45, 2.75) is 13.8 Å². The van der Waals surface area contributed by atoms with Crippen molar-refractivity contribution >= 4 is 10.8 Å². The van der Waals surface area contributed by atoms with Crippen LogP contribution in [0, 0.1) is 77.8 Å². The molecule has 0 N–H and O–H groups in total. The average molecular weight is 536 g/mol. The smallest absolute Gasteiger partial charge is 0.201 e. The molecule has 0 heterocycles. The summed E-state index contributed by atoms with van der Waals surface area (Å²) in [6.45, 7) is 1.84. The summed E-state index contributed by atoms with van der Waals surface area (Å²) < 4.78 is 166. The third kappa shape index (κ3) is 3.60. The van der Waals surface area contributed by atoms with Gasteiger partial charge in [0.25, 0.3) is 0 Å². The van der Waals surface area contributed by atoms with Gasteiger partial charge < -0.3 is 4.74 Å². The molecule has 0 radical (unpaired) electrons. The van der Waals surface area contributed by atoms with E-state index in [1.807, 2.05) is 0 Å². The number of halogens is 11. The standard InChI is InChI=1S/C25H11F11O/c1-6-7(2)17(29)19(31)14(16(6)28)15-22(34)20(32)13(21(33)23(15)35)12-8-4-10(26)11(27)5-9(8)25(37-3)24(36)18(12)30/h4-5H,1-3H3. The predicted molar refractivity (Wildman–Crippen MR) is 110 cm³/mol. The molecule has 12 heteroatoms. The SMILES string of the molecule is COc1c(F)c(F)c(-c2c(F)c(F)c(-c3c(F)c(C)c(C)c(F)c3F)c(F)c2F)c2cc(F)c(F)cc12. The van der Waals surface area contributed by atoms with Crippen LogP contribution in [-0.4, -0.2) is 7.11 Å². The maximum Gasteiger partial charge on any atom is 0.201 e. The van der Waals surface area contributed by atoms with Crippen molar-refractivity contribution in [3.05, 3.63) is 87.2 Å². The first-order valence-electron chi connectivity index (χ1n) is 10.1. The van der Waals surface area contributed by atoms with E-state index in [9.17, 15) is 26.3 Å². The fourth-order valence-corrected chi connectivity index (χ4v) is 4.01. The van der Waals surface area contributed by atoms with Crippen molar-refractivity contribution in [3.63, 3.8) is 0 Å². The van der Waals surface area contributed by atoms with Gasteiger partial charge in [-0.05, 0) is 42.5 Å². The van der Waals surface area contributed by atoms with Crippen molar-refractivity contribution in [2.24, 2.45) is 0 Å². The topological polar surface area (TPSA) is 9.23 Å². The van der Waals surface area contributed by atoms with Crippen molar-refractivity contribution in [3.8, 4) is 28.0 Å². The van der Waals surface area contributed by atoms with E-state index in [0.717, 1.165) is 21.0 Å². The number of hydrogen-bond donors (Lipinski definition) is 0. The lowest BCUT2D eigenvalue weighted by Gasteiger charge is -2.18. The van der Waals surface area contributed by atoms with Crippen LogP contribution in [0.3, 0.4) is 0 Å². The molecule has 0 aromatic heterocycles. The minimum atomic E-state index is -2.50. The number of hydrogen-bond acceptors (Lipinski definition) is 1. The second-order valence-electron chi connectivity index (χ2n) is 7.92. The molecule has 0 amide bonds. The van der Waals surface area contributed by atoms with Gasteiger partial charge in [-0.2, -0.15) is 4.39 Å². The molecule has 0 spiro atoms. The van der Waals surface area contributed by atoms with Gasteiger partial charge in [0.1, 0.15) is 5.82 Å². The van der Waals surface area contributed by atoms with E-state index in [-0.39, 0.29) is 12.1 Å². The number of rotatable bonds is 3. The Kier molecular flexibility index (Phi) is 6.33. The summed E-state index contributed by atoms with van der Waals surface area (Å²) in [6, 6.07) is 0.459. The van der Waals surface area contributed by atoms with Gasteiger partial charge in [0.05, 0.1) is 23.8 Å². The molecular formula is C25H11F11O. The first kappa shape index (κ1) is 26.2. The lowest BCUT2D eigenvalue weighted by Crippen LogP contribution is -2.10. The van der Waals surface area contributed by atoms with Crippen molar-refractivity contribution in [1.82, 2.24) is 0 Å². The highest BCUT2D eigenvalue weighted by atomic mass is 19.2. The van der Waals surface area contributed by atoms with Gasteiger partial charge in [-0.15, -0.1) is 0 Å². The van der Waals surface area contributed by atoms with Gasteiger partial charge in [-0.3, -0.25) is 0 Å². The van der Waals surface area contributed by atoms with Crippen LogP contribution in [0.1, 0.15) is 11.1 Å². The van der Waals surface area contributed by atoms with Crippen LogP contribution >= 0.6 is 0 Å². The van der Waals surface area contributed by atoms with Gasteiger partial charge >= 0.3 is 0 Å². The van der Waals surface area contributed by atoms with E-state index in [1.54, 1.807) is 0 Å². The Morgan fingerprint density at radius 3 is 1.27 bits per heavy atom.